The van der Waals surface area contributed by atoms with E-state index in [1.165, 1.54) is 31.4 Å². The third kappa shape index (κ3) is 5.27. The molecule has 1 aromatic rings. The second-order valence-electron chi connectivity index (χ2n) is 7.17. The number of nitrogens with one attached hydrogen (secondary N) is 2. The molecule has 0 radical (unpaired) electrons. The number of anilines is 1. The molecule has 2 aliphatic rings. The summed E-state index contributed by atoms with van der Waals surface area (Å²) in [5, 5.41) is 6.87. The van der Waals surface area contributed by atoms with E-state index in [1.807, 2.05) is 6.20 Å². The van der Waals surface area contributed by atoms with Crippen LogP contribution in [0.4, 0.5) is 5.82 Å². The van der Waals surface area contributed by atoms with Gasteiger partial charge in [0.1, 0.15) is 5.82 Å². The average molecular weight is 362 g/mol. The molecule has 2 saturated heterocycles. The maximum absolute atomic E-state index is 4.73. The van der Waals surface area contributed by atoms with E-state index in [0.29, 0.717) is 11.3 Å². The van der Waals surface area contributed by atoms with E-state index in [1.54, 1.807) is 0 Å². The summed E-state index contributed by atoms with van der Waals surface area (Å²) in [6.45, 7) is 9.23. The van der Waals surface area contributed by atoms with Crippen LogP contribution in [0, 0.1) is 0 Å². The summed E-state index contributed by atoms with van der Waals surface area (Å²) in [4.78, 5) is 11.7. The van der Waals surface area contributed by atoms with Gasteiger partial charge in [-0.3, -0.25) is 0 Å². The second kappa shape index (κ2) is 8.79. The lowest BCUT2D eigenvalue weighted by Gasteiger charge is -2.24. The molecule has 138 valence electrons. The van der Waals surface area contributed by atoms with Gasteiger partial charge >= 0.3 is 0 Å². The van der Waals surface area contributed by atoms with Gasteiger partial charge in [0.05, 0.1) is 6.54 Å². The summed E-state index contributed by atoms with van der Waals surface area (Å²) in [5.41, 5.74) is 1.15. The van der Waals surface area contributed by atoms with E-state index in [-0.39, 0.29) is 0 Å². The molecule has 25 heavy (non-hydrogen) atoms. The Labute approximate surface area is 156 Å². The molecular formula is C19H31N5S. The molecule has 0 aromatic carbocycles. The summed E-state index contributed by atoms with van der Waals surface area (Å²) < 4.78 is 0.342. The molecule has 1 atom stereocenters. The van der Waals surface area contributed by atoms with Crippen LogP contribution < -0.4 is 15.5 Å². The van der Waals surface area contributed by atoms with Crippen molar-refractivity contribution in [3.8, 4) is 0 Å². The molecular weight excluding hydrogens is 330 g/mol. The molecule has 0 bridgehead atoms. The number of hydrogen-bond acceptors (Lipinski definition) is 4. The minimum atomic E-state index is 0.342. The van der Waals surface area contributed by atoms with Crippen molar-refractivity contribution in [3.05, 3.63) is 23.9 Å². The highest BCUT2D eigenvalue weighted by molar-refractivity contribution is 8.00. The zero-order valence-electron chi connectivity index (χ0n) is 15.6. The number of nitrogens with zero attached hydrogens (tertiary/aromatic N) is 3. The number of pyridine rings is 1. The first-order valence-electron chi connectivity index (χ1n) is 9.54. The Kier molecular flexibility index (Phi) is 6.45. The Morgan fingerprint density at radius 3 is 2.76 bits per heavy atom. The van der Waals surface area contributed by atoms with E-state index < -0.39 is 0 Å². The first-order chi connectivity index (χ1) is 12.2. The number of aliphatic imine (C=N–C) groups is 1. The van der Waals surface area contributed by atoms with Crippen LogP contribution >= 0.6 is 11.8 Å². The van der Waals surface area contributed by atoms with Crippen molar-refractivity contribution in [2.75, 3.05) is 36.8 Å². The number of guanidine groups is 1. The second-order valence-corrected chi connectivity index (χ2v) is 8.85. The van der Waals surface area contributed by atoms with Gasteiger partial charge in [0, 0.05) is 37.1 Å². The number of rotatable bonds is 6. The third-order valence-corrected chi connectivity index (χ3v) is 6.47. The zero-order valence-corrected chi connectivity index (χ0v) is 16.4. The lowest BCUT2D eigenvalue weighted by Crippen LogP contribution is -2.43. The van der Waals surface area contributed by atoms with Crippen molar-refractivity contribution in [3.63, 3.8) is 0 Å². The van der Waals surface area contributed by atoms with Gasteiger partial charge in [-0.2, -0.15) is 11.8 Å². The SMILES string of the molecule is CCNC(=NCc1ccc(N2CCCC2)nc1)NCC1(C)CCCS1. The first kappa shape index (κ1) is 18.4. The first-order valence-corrected chi connectivity index (χ1v) is 10.5. The van der Waals surface area contributed by atoms with Gasteiger partial charge in [-0.1, -0.05) is 6.07 Å². The van der Waals surface area contributed by atoms with Crippen molar-refractivity contribution < 1.29 is 0 Å². The van der Waals surface area contributed by atoms with E-state index >= 15 is 0 Å². The largest absolute Gasteiger partial charge is 0.357 e. The molecule has 0 saturated carbocycles. The van der Waals surface area contributed by atoms with Crippen LogP contribution in [-0.4, -0.2) is 47.6 Å². The van der Waals surface area contributed by atoms with Crippen molar-refractivity contribution in [1.82, 2.24) is 15.6 Å². The van der Waals surface area contributed by atoms with Crippen LogP contribution in [0.1, 0.15) is 45.1 Å². The minimum absolute atomic E-state index is 0.342. The van der Waals surface area contributed by atoms with Gasteiger partial charge < -0.3 is 15.5 Å². The minimum Gasteiger partial charge on any atom is -0.357 e. The lowest BCUT2D eigenvalue weighted by molar-refractivity contribution is 0.584. The van der Waals surface area contributed by atoms with Gasteiger partial charge in [-0.05, 0) is 56.9 Å². The van der Waals surface area contributed by atoms with Crippen molar-refractivity contribution >= 4 is 23.5 Å². The van der Waals surface area contributed by atoms with Crippen molar-refractivity contribution in [2.45, 2.75) is 50.8 Å². The highest BCUT2D eigenvalue weighted by atomic mass is 32.2. The molecule has 3 rings (SSSR count). The van der Waals surface area contributed by atoms with Gasteiger partial charge in [0.25, 0.3) is 0 Å². The maximum atomic E-state index is 4.73. The fraction of sp³-hybridized carbons (Fsp3) is 0.684. The molecule has 1 aromatic heterocycles. The fourth-order valence-corrected chi connectivity index (χ4v) is 4.65. The summed E-state index contributed by atoms with van der Waals surface area (Å²) in [7, 11) is 0. The normalized spacial score (nSPS) is 23.9. The molecule has 0 aliphatic carbocycles. The number of hydrogen-bond donors (Lipinski definition) is 2. The predicted molar refractivity (Wildman–Crippen MR) is 109 cm³/mol. The molecule has 2 fully saturated rings. The summed E-state index contributed by atoms with van der Waals surface area (Å²) in [6, 6.07) is 4.29. The van der Waals surface area contributed by atoms with Gasteiger partial charge in [-0.25, -0.2) is 9.98 Å². The summed E-state index contributed by atoms with van der Waals surface area (Å²) in [6.07, 6.45) is 7.14. The smallest absolute Gasteiger partial charge is 0.191 e. The quantitative estimate of drug-likeness (QED) is 0.602. The molecule has 3 heterocycles. The van der Waals surface area contributed by atoms with Crippen LogP contribution in [-0.2, 0) is 6.54 Å². The highest BCUT2D eigenvalue weighted by Crippen LogP contribution is 2.36. The Morgan fingerprint density at radius 2 is 2.12 bits per heavy atom. The van der Waals surface area contributed by atoms with Crippen LogP contribution in [0.2, 0.25) is 0 Å². The number of aromatic nitrogens is 1. The van der Waals surface area contributed by atoms with Gasteiger partial charge in [-0.15, -0.1) is 0 Å². The fourth-order valence-electron chi connectivity index (χ4n) is 3.40. The predicted octanol–water partition coefficient (Wildman–Crippen LogP) is 3.02. The average Bonchev–Trinajstić information content (AvgIpc) is 3.30. The maximum Gasteiger partial charge on any atom is 0.191 e. The van der Waals surface area contributed by atoms with E-state index in [9.17, 15) is 0 Å². The van der Waals surface area contributed by atoms with Crippen molar-refractivity contribution in [2.24, 2.45) is 4.99 Å². The molecule has 2 aliphatic heterocycles. The van der Waals surface area contributed by atoms with Gasteiger partial charge in [0.15, 0.2) is 5.96 Å². The van der Waals surface area contributed by atoms with Gasteiger partial charge in [0.2, 0.25) is 0 Å². The Balaban J connectivity index is 1.54. The van der Waals surface area contributed by atoms with Crippen LogP contribution in [0.15, 0.2) is 23.3 Å². The topological polar surface area (TPSA) is 52.6 Å². The molecule has 1 unspecified atom stereocenters. The highest BCUT2D eigenvalue weighted by Gasteiger charge is 2.29. The Morgan fingerprint density at radius 1 is 1.28 bits per heavy atom. The number of thioether (sulfide) groups is 1. The molecule has 0 amide bonds. The van der Waals surface area contributed by atoms with Crippen molar-refractivity contribution in [1.29, 1.82) is 0 Å². The van der Waals surface area contributed by atoms with E-state index in [2.05, 4.69) is 58.3 Å². The van der Waals surface area contributed by atoms with Crippen LogP contribution in [0.5, 0.6) is 0 Å². The summed E-state index contributed by atoms with van der Waals surface area (Å²) >= 11 is 2.07. The third-order valence-electron chi connectivity index (χ3n) is 4.93. The van der Waals surface area contributed by atoms with Crippen LogP contribution in [0.3, 0.4) is 0 Å². The lowest BCUT2D eigenvalue weighted by atomic mass is 10.1. The van der Waals surface area contributed by atoms with Crippen LogP contribution in [0.25, 0.3) is 0 Å². The Bertz CT molecular complexity index is 560. The van der Waals surface area contributed by atoms with E-state index in [4.69, 9.17) is 4.99 Å². The monoisotopic (exact) mass is 361 g/mol. The zero-order chi connectivity index (χ0) is 17.5. The molecule has 0 spiro atoms. The molecule has 5 nitrogen and oxygen atoms in total. The summed E-state index contributed by atoms with van der Waals surface area (Å²) in [5.74, 6) is 3.28. The molecule has 6 heteroatoms. The van der Waals surface area contributed by atoms with E-state index in [0.717, 1.165) is 43.5 Å². The molecule has 2 N–H and O–H groups in total. The standard InChI is InChI=1S/C19H31N5S/c1-3-20-18(23-15-19(2)9-6-12-25-19)22-14-16-7-8-17(21-13-16)24-10-4-5-11-24/h7-8,13H,3-6,9-12,14-15H2,1-2H3,(H2,20,22,23). The Hall–Kier alpha value is -1.43.